The van der Waals surface area contributed by atoms with Gasteiger partial charge in [0.05, 0.1) is 0 Å². The zero-order valence-electron chi connectivity index (χ0n) is 7.31. The van der Waals surface area contributed by atoms with E-state index >= 15 is 0 Å². The molecule has 1 nitrogen and oxygen atoms in total. The van der Waals surface area contributed by atoms with Crippen molar-refractivity contribution in [2.45, 2.75) is 33.6 Å². The van der Waals surface area contributed by atoms with Gasteiger partial charge in [0.25, 0.3) is 0 Å². The molecule has 0 heterocycles. The normalized spacial score (nSPS) is 9.00. The van der Waals surface area contributed by atoms with Crippen LogP contribution >= 0.6 is 12.2 Å². The van der Waals surface area contributed by atoms with Crippen molar-refractivity contribution in [1.82, 2.24) is 0 Å². The number of allylic oxidation sites excluding steroid dienone is 2. The molecule has 0 saturated carbocycles. The Kier molecular flexibility index (Phi) is 4.95. The molecule has 0 fully saturated rings. The smallest absolute Gasteiger partial charge is 0.155 e. The predicted molar refractivity (Wildman–Crippen MR) is 51.9 cm³/mol. The molecule has 62 valence electrons. The van der Waals surface area contributed by atoms with Crippen molar-refractivity contribution in [2.24, 2.45) is 0 Å². The molecule has 0 spiro atoms. The first-order chi connectivity index (χ1) is 5.02. The van der Waals surface area contributed by atoms with Crippen molar-refractivity contribution in [3.63, 3.8) is 0 Å². The first kappa shape index (κ1) is 10.5. The van der Waals surface area contributed by atoms with Crippen LogP contribution in [0.4, 0.5) is 0 Å². The molecule has 0 aromatic carbocycles. The molecule has 0 bridgehead atoms. The summed E-state index contributed by atoms with van der Waals surface area (Å²) < 4.78 is 0. The van der Waals surface area contributed by atoms with E-state index in [4.69, 9.17) is 12.2 Å². The van der Waals surface area contributed by atoms with E-state index in [0.717, 1.165) is 16.9 Å². The van der Waals surface area contributed by atoms with Gasteiger partial charge in [0, 0.05) is 6.42 Å². The minimum Gasteiger partial charge on any atom is -0.295 e. The van der Waals surface area contributed by atoms with Gasteiger partial charge in [0.2, 0.25) is 0 Å². The number of hydrogen-bond donors (Lipinski definition) is 0. The Bertz CT molecular complexity index is 188. The van der Waals surface area contributed by atoms with Crippen LogP contribution in [0.3, 0.4) is 0 Å². The first-order valence-corrected chi connectivity index (χ1v) is 4.10. The summed E-state index contributed by atoms with van der Waals surface area (Å²) in [4.78, 5) is 11.9. The van der Waals surface area contributed by atoms with Crippen LogP contribution in [0.5, 0.6) is 0 Å². The van der Waals surface area contributed by atoms with E-state index in [1.54, 1.807) is 6.08 Å². The maximum absolute atomic E-state index is 11.0. The monoisotopic (exact) mass is 170 g/mol. The van der Waals surface area contributed by atoms with E-state index in [1.807, 2.05) is 20.8 Å². The van der Waals surface area contributed by atoms with Crippen LogP contribution in [0, 0.1) is 0 Å². The van der Waals surface area contributed by atoms with Gasteiger partial charge in [-0.15, -0.1) is 0 Å². The van der Waals surface area contributed by atoms with Crippen LogP contribution < -0.4 is 0 Å². The molecular formula is C9H14OS. The van der Waals surface area contributed by atoms with Crippen molar-refractivity contribution >= 4 is 22.9 Å². The third-order valence-electron chi connectivity index (χ3n) is 1.17. The fraction of sp³-hybridized carbons (Fsp3) is 0.556. The minimum atomic E-state index is 0.175. The molecular weight excluding hydrogens is 156 g/mol. The Morgan fingerprint density at radius 2 is 1.82 bits per heavy atom. The predicted octanol–water partition coefficient (Wildman–Crippen LogP) is 2.69. The number of hydrogen-bond acceptors (Lipinski definition) is 2. The van der Waals surface area contributed by atoms with Gasteiger partial charge >= 0.3 is 0 Å². The van der Waals surface area contributed by atoms with E-state index in [-0.39, 0.29) is 5.78 Å². The average molecular weight is 170 g/mol. The van der Waals surface area contributed by atoms with Crippen LogP contribution in [-0.4, -0.2) is 10.6 Å². The molecule has 0 rings (SSSR count). The summed E-state index contributed by atoms with van der Waals surface area (Å²) in [6, 6.07) is 0. The first-order valence-electron chi connectivity index (χ1n) is 3.69. The summed E-state index contributed by atoms with van der Waals surface area (Å²) in [6.07, 6.45) is 2.96. The Morgan fingerprint density at radius 1 is 1.27 bits per heavy atom. The Morgan fingerprint density at radius 3 is 2.18 bits per heavy atom. The fourth-order valence-electron chi connectivity index (χ4n) is 0.693. The SMILES string of the molecule is CC(=S)CCC(=O)C=C(C)C. The van der Waals surface area contributed by atoms with Gasteiger partial charge in [-0.25, -0.2) is 0 Å². The lowest BCUT2D eigenvalue weighted by Crippen LogP contribution is -1.96. The van der Waals surface area contributed by atoms with E-state index in [0.29, 0.717) is 6.42 Å². The van der Waals surface area contributed by atoms with E-state index in [1.165, 1.54) is 0 Å². The summed E-state index contributed by atoms with van der Waals surface area (Å²) in [5, 5.41) is 0. The largest absolute Gasteiger partial charge is 0.295 e. The van der Waals surface area contributed by atoms with Gasteiger partial charge in [-0.1, -0.05) is 17.8 Å². The van der Waals surface area contributed by atoms with Gasteiger partial charge in [-0.3, -0.25) is 4.79 Å². The number of ketones is 1. The summed E-state index contributed by atoms with van der Waals surface area (Å²) >= 11 is 4.85. The molecule has 0 aliphatic heterocycles. The lowest BCUT2D eigenvalue weighted by Gasteiger charge is -1.93. The summed E-state index contributed by atoms with van der Waals surface area (Å²) in [6.45, 7) is 5.70. The molecule has 0 saturated heterocycles. The van der Waals surface area contributed by atoms with Crippen molar-refractivity contribution in [1.29, 1.82) is 0 Å². The number of carbonyl (C=O) groups excluding carboxylic acids is 1. The van der Waals surface area contributed by atoms with E-state index < -0.39 is 0 Å². The van der Waals surface area contributed by atoms with Crippen molar-refractivity contribution in [2.75, 3.05) is 0 Å². The zero-order chi connectivity index (χ0) is 8.85. The molecule has 0 aliphatic rings. The maximum Gasteiger partial charge on any atom is 0.155 e. The summed E-state index contributed by atoms with van der Waals surface area (Å²) in [5.41, 5.74) is 1.05. The van der Waals surface area contributed by atoms with Crippen molar-refractivity contribution in [3.05, 3.63) is 11.6 Å². The second kappa shape index (κ2) is 5.19. The molecule has 0 unspecified atom stereocenters. The molecule has 0 N–H and O–H groups in total. The molecule has 0 aromatic rings. The molecule has 0 amide bonds. The van der Waals surface area contributed by atoms with Crippen LogP contribution in [-0.2, 0) is 4.79 Å². The number of rotatable bonds is 4. The van der Waals surface area contributed by atoms with Gasteiger partial charge in [-0.2, -0.15) is 0 Å². The lowest BCUT2D eigenvalue weighted by atomic mass is 10.1. The van der Waals surface area contributed by atoms with Crippen molar-refractivity contribution in [3.8, 4) is 0 Å². The fourth-order valence-corrected chi connectivity index (χ4v) is 0.795. The van der Waals surface area contributed by atoms with Crippen molar-refractivity contribution < 1.29 is 4.79 Å². The second-order valence-corrected chi connectivity index (χ2v) is 3.59. The number of thiocarbonyl (C=S) groups is 1. The van der Waals surface area contributed by atoms with Crippen LogP contribution in [0.15, 0.2) is 11.6 Å². The van der Waals surface area contributed by atoms with E-state index in [9.17, 15) is 4.79 Å². The van der Waals surface area contributed by atoms with E-state index in [2.05, 4.69) is 0 Å². The van der Waals surface area contributed by atoms with Gasteiger partial charge in [0.15, 0.2) is 5.78 Å². The van der Waals surface area contributed by atoms with Crippen LogP contribution in [0.2, 0.25) is 0 Å². The topological polar surface area (TPSA) is 17.1 Å². The third-order valence-corrected chi connectivity index (χ3v) is 1.38. The van der Waals surface area contributed by atoms with Crippen LogP contribution in [0.25, 0.3) is 0 Å². The maximum atomic E-state index is 11.0. The highest BCUT2D eigenvalue weighted by molar-refractivity contribution is 7.80. The minimum absolute atomic E-state index is 0.175. The molecule has 2 heteroatoms. The molecule has 0 aromatic heterocycles. The van der Waals surface area contributed by atoms with Gasteiger partial charge in [-0.05, 0) is 38.1 Å². The number of carbonyl (C=O) groups is 1. The lowest BCUT2D eigenvalue weighted by molar-refractivity contribution is -0.114. The molecule has 11 heavy (non-hydrogen) atoms. The quantitative estimate of drug-likeness (QED) is 0.476. The standard InChI is InChI=1S/C9H14OS/c1-7(2)6-9(10)5-4-8(3)11/h6H,4-5H2,1-3H3. The highest BCUT2D eigenvalue weighted by atomic mass is 32.1. The molecule has 0 aliphatic carbocycles. The molecule has 0 atom stereocenters. The van der Waals surface area contributed by atoms with Crippen LogP contribution in [0.1, 0.15) is 33.6 Å². The summed E-state index contributed by atoms with van der Waals surface area (Å²) in [5.74, 6) is 0.175. The summed E-state index contributed by atoms with van der Waals surface area (Å²) in [7, 11) is 0. The zero-order valence-corrected chi connectivity index (χ0v) is 8.12. The Labute approximate surface area is 73.5 Å². The Balaban J connectivity index is 3.71. The third kappa shape index (κ3) is 7.40. The highest BCUT2D eigenvalue weighted by Crippen LogP contribution is 1.98. The molecule has 0 radical (unpaired) electrons. The average Bonchev–Trinajstić information content (AvgIpc) is 1.82. The second-order valence-electron chi connectivity index (χ2n) is 2.89. The highest BCUT2D eigenvalue weighted by Gasteiger charge is 1.97. The van der Waals surface area contributed by atoms with Gasteiger partial charge < -0.3 is 0 Å². The Hall–Kier alpha value is -0.500. The van der Waals surface area contributed by atoms with Gasteiger partial charge in [0.1, 0.15) is 0 Å².